The number of nitrogens with one attached hydrogen (secondary N) is 1. The van der Waals surface area contributed by atoms with E-state index < -0.39 is 11.7 Å². The summed E-state index contributed by atoms with van der Waals surface area (Å²) in [5.74, 6) is -0.533. The maximum absolute atomic E-state index is 13.2. The Kier molecular flexibility index (Phi) is 6.26. The fourth-order valence-electron chi connectivity index (χ4n) is 2.59. The van der Waals surface area contributed by atoms with Gasteiger partial charge in [-0.2, -0.15) is 13.2 Å². The molecule has 26 heavy (non-hydrogen) atoms. The van der Waals surface area contributed by atoms with Crippen LogP contribution in [0.3, 0.4) is 0 Å². The predicted molar refractivity (Wildman–Crippen MR) is 90.6 cm³/mol. The van der Waals surface area contributed by atoms with Crippen molar-refractivity contribution in [2.75, 3.05) is 7.05 Å². The Labute approximate surface area is 149 Å². The van der Waals surface area contributed by atoms with Gasteiger partial charge in [-0.3, -0.25) is 4.79 Å². The number of carbonyl (C=O) groups is 1. The zero-order valence-corrected chi connectivity index (χ0v) is 14.5. The summed E-state index contributed by atoms with van der Waals surface area (Å²) in [6.45, 7) is 1.08. The van der Waals surface area contributed by atoms with Gasteiger partial charge in [0, 0.05) is 7.05 Å². The van der Waals surface area contributed by atoms with Crippen LogP contribution in [0.4, 0.5) is 13.2 Å². The molecule has 0 radical (unpaired) electrons. The fraction of sp³-hybridized carbons (Fsp3) is 0.316. The van der Waals surface area contributed by atoms with E-state index in [1.54, 1.807) is 25.1 Å². The first-order valence-corrected chi connectivity index (χ1v) is 7.98. The highest BCUT2D eigenvalue weighted by Crippen LogP contribution is 2.37. The summed E-state index contributed by atoms with van der Waals surface area (Å²) >= 11 is 0. The third-order valence-corrected chi connectivity index (χ3v) is 3.98. The smallest absolute Gasteiger partial charge is 0.419 e. The maximum atomic E-state index is 13.2. The fourth-order valence-corrected chi connectivity index (χ4v) is 2.59. The first-order valence-electron chi connectivity index (χ1n) is 7.98. The third kappa shape index (κ3) is 4.76. The van der Waals surface area contributed by atoms with Gasteiger partial charge in [0.1, 0.15) is 12.4 Å². The number of aryl methyl sites for hydroxylation is 1. The van der Waals surface area contributed by atoms with Crippen molar-refractivity contribution >= 4 is 5.91 Å². The van der Waals surface area contributed by atoms with Crippen LogP contribution in [-0.4, -0.2) is 18.1 Å². The van der Waals surface area contributed by atoms with E-state index in [4.69, 9.17) is 4.74 Å². The SMILES string of the molecule is CNC(=O)Cc1cccc(CO)c1COc1ccc(C)cc1C(F)(F)F. The quantitative estimate of drug-likeness (QED) is 0.823. The molecular weight excluding hydrogens is 347 g/mol. The van der Waals surface area contributed by atoms with Gasteiger partial charge < -0.3 is 15.2 Å². The molecule has 2 rings (SSSR count). The topological polar surface area (TPSA) is 58.6 Å². The van der Waals surface area contributed by atoms with Gasteiger partial charge in [0.25, 0.3) is 0 Å². The highest BCUT2D eigenvalue weighted by atomic mass is 19.4. The Bertz CT molecular complexity index is 788. The van der Waals surface area contributed by atoms with Gasteiger partial charge >= 0.3 is 6.18 Å². The number of rotatable bonds is 6. The molecule has 0 bridgehead atoms. The van der Waals surface area contributed by atoms with E-state index >= 15 is 0 Å². The predicted octanol–water partition coefficient (Wildman–Crippen LogP) is 3.37. The number of amides is 1. The van der Waals surface area contributed by atoms with Crippen LogP contribution in [0.15, 0.2) is 36.4 Å². The van der Waals surface area contributed by atoms with Crippen molar-refractivity contribution in [3.8, 4) is 5.75 Å². The van der Waals surface area contributed by atoms with Crippen molar-refractivity contribution in [1.82, 2.24) is 5.32 Å². The molecule has 0 aromatic heterocycles. The van der Waals surface area contributed by atoms with Crippen LogP contribution in [0.5, 0.6) is 5.75 Å². The summed E-state index contributed by atoms with van der Waals surface area (Å²) in [5.41, 5.74) is 1.23. The summed E-state index contributed by atoms with van der Waals surface area (Å²) in [6, 6.07) is 8.85. The molecule has 0 fully saturated rings. The van der Waals surface area contributed by atoms with Gasteiger partial charge in [-0.25, -0.2) is 0 Å². The standard InChI is InChI=1S/C19H20F3NO3/c1-12-6-7-17(16(8-12)19(20,21)22)26-11-15-13(9-18(25)23-2)4-3-5-14(15)10-24/h3-8,24H,9-11H2,1-2H3,(H,23,25). The number of aliphatic hydroxyl groups is 1. The second-order valence-corrected chi connectivity index (χ2v) is 5.85. The monoisotopic (exact) mass is 367 g/mol. The van der Waals surface area contributed by atoms with Crippen LogP contribution < -0.4 is 10.1 Å². The number of likely N-dealkylation sites (N-methyl/N-ethyl adjacent to an activating group) is 1. The van der Waals surface area contributed by atoms with Gasteiger partial charge in [0.2, 0.25) is 5.91 Å². The minimum Gasteiger partial charge on any atom is -0.488 e. The molecule has 0 heterocycles. The number of alkyl halides is 3. The Morgan fingerprint density at radius 1 is 1.19 bits per heavy atom. The van der Waals surface area contributed by atoms with E-state index in [1.807, 2.05) is 0 Å². The molecule has 2 N–H and O–H groups in total. The van der Waals surface area contributed by atoms with Gasteiger partial charge in [0.05, 0.1) is 18.6 Å². The molecule has 4 nitrogen and oxygen atoms in total. The molecule has 1 amide bonds. The van der Waals surface area contributed by atoms with E-state index in [9.17, 15) is 23.1 Å². The van der Waals surface area contributed by atoms with Gasteiger partial charge in [0.15, 0.2) is 0 Å². The summed E-state index contributed by atoms with van der Waals surface area (Å²) in [7, 11) is 1.50. The van der Waals surface area contributed by atoms with Crippen LogP contribution in [-0.2, 0) is 30.6 Å². The van der Waals surface area contributed by atoms with Gasteiger partial charge in [-0.05, 0) is 35.7 Å². The lowest BCUT2D eigenvalue weighted by atomic mass is 9.99. The molecule has 0 saturated carbocycles. The molecule has 7 heteroatoms. The lowest BCUT2D eigenvalue weighted by Gasteiger charge is -2.17. The zero-order valence-electron chi connectivity index (χ0n) is 14.5. The second kappa shape index (κ2) is 8.23. The van der Waals surface area contributed by atoms with Gasteiger partial charge in [-0.15, -0.1) is 0 Å². The molecule has 0 aliphatic heterocycles. The molecular formula is C19H20F3NO3. The maximum Gasteiger partial charge on any atom is 0.419 e. The second-order valence-electron chi connectivity index (χ2n) is 5.85. The van der Waals surface area contributed by atoms with Crippen molar-refractivity contribution in [2.45, 2.75) is 32.7 Å². The number of halogens is 3. The van der Waals surface area contributed by atoms with Crippen molar-refractivity contribution < 1.29 is 27.8 Å². The van der Waals surface area contributed by atoms with Crippen molar-refractivity contribution in [3.05, 3.63) is 64.2 Å². The number of benzene rings is 2. The molecule has 0 spiro atoms. The Balaban J connectivity index is 2.34. The van der Waals surface area contributed by atoms with Crippen LogP contribution in [0.1, 0.15) is 27.8 Å². The van der Waals surface area contributed by atoms with E-state index in [2.05, 4.69) is 5.32 Å². The highest BCUT2D eigenvalue weighted by molar-refractivity contribution is 5.78. The van der Waals surface area contributed by atoms with Gasteiger partial charge in [-0.1, -0.05) is 29.8 Å². The van der Waals surface area contributed by atoms with Crippen LogP contribution in [0.25, 0.3) is 0 Å². The molecule has 0 aliphatic carbocycles. The van der Waals surface area contributed by atoms with Crippen LogP contribution >= 0.6 is 0 Å². The number of carbonyl (C=O) groups excluding carboxylic acids is 1. The third-order valence-electron chi connectivity index (χ3n) is 3.98. The Morgan fingerprint density at radius 2 is 1.88 bits per heavy atom. The van der Waals surface area contributed by atoms with Crippen molar-refractivity contribution in [3.63, 3.8) is 0 Å². The normalized spacial score (nSPS) is 11.3. The lowest BCUT2D eigenvalue weighted by molar-refractivity contribution is -0.139. The number of hydrogen-bond donors (Lipinski definition) is 2. The minimum absolute atomic E-state index is 0.0447. The number of aliphatic hydroxyl groups excluding tert-OH is 1. The summed E-state index contributed by atoms with van der Waals surface area (Å²) in [4.78, 5) is 11.7. The van der Waals surface area contributed by atoms with Crippen LogP contribution in [0.2, 0.25) is 0 Å². The van der Waals surface area contributed by atoms with E-state index in [0.717, 1.165) is 6.07 Å². The Morgan fingerprint density at radius 3 is 2.50 bits per heavy atom. The summed E-state index contributed by atoms with van der Waals surface area (Å²) < 4.78 is 45.1. The van der Waals surface area contributed by atoms with E-state index in [-0.39, 0.29) is 31.3 Å². The molecule has 0 aliphatic rings. The first-order chi connectivity index (χ1) is 12.3. The zero-order chi connectivity index (χ0) is 19.3. The van der Waals surface area contributed by atoms with E-state index in [0.29, 0.717) is 22.3 Å². The lowest BCUT2D eigenvalue weighted by Crippen LogP contribution is -2.21. The van der Waals surface area contributed by atoms with Crippen molar-refractivity contribution in [2.24, 2.45) is 0 Å². The molecule has 0 atom stereocenters. The molecule has 2 aromatic carbocycles. The summed E-state index contributed by atoms with van der Waals surface area (Å²) in [6.07, 6.45) is -4.49. The Hall–Kier alpha value is -2.54. The van der Waals surface area contributed by atoms with E-state index in [1.165, 1.54) is 19.2 Å². The summed E-state index contributed by atoms with van der Waals surface area (Å²) in [5, 5.41) is 12.0. The molecule has 2 aromatic rings. The average Bonchev–Trinajstić information content (AvgIpc) is 2.60. The molecule has 140 valence electrons. The number of ether oxygens (including phenoxy) is 1. The number of hydrogen-bond acceptors (Lipinski definition) is 3. The molecule has 0 unspecified atom stereocenters. The highest BCUT2D eigenvalue weighted by Gasteiger charge is 2.34. The first kappa shape index (κ1) is 19.8. The largest absolute Gasteiger partial charge is 0.488 e. The van der Waals surface area contributed by atoms with Crippen LogP contribution in [0, 0.1) is 6.92 Å². The molecule has 0 saturated heterocycles. The van der Waals surface area contributed by atoms with Crippen molar-refractivity contribution in [1.29, 1.82) is 0 Å². The minimum atomic E-state index is -4.54. The average molecular weight is 367 g/mol.